The number of nitrogens with zero attached hydrogens (tertiary/aromatic N) is 3. The van der Waals surface area contributed by atoms with Crippen LogP contribution in [0.3, 0.4) is 0 Å². The average molecular weight is 209 g/mol. The second kappa shape index (κ2) is 4.43. The lowest BCUT2D eigenvalue weighted by Crippen LogP contribution is -1.91. The van der Waals surface area contributed by atoms with E-state index in [-0.39, 0.29) is 6.61 Å². The van der Waals surface area contributed by atoms with E-state index in [9.17, 15) is 0 Å². The number of fused-ring (bicyclic) bond motifs is 1. The van der Waals surface area contributed by atoms with Crippen LogP contribution in [-0.4, -0.2) is 32.1 Å². The molecule has 0 unspecified atom stereocenters. The maximum Gasteiger partial charge on any atom is 0.156 e. The molecule has 5 heteroatoms. The van der Waals surface area contributed by atoms with Crippen molar-refractivity contribution < 1.29 is 5.11 Å². The lowest BCUT2D eigenvalue weighted by molar-refractivity contribution is 0.296. The van der Waals surface area contributed by atoms with Crippen molar-refractivity contribution in [3.63, 3.8) is 0 Å². The van der Waals surface area contributed by atoms with Gasteiger partial charge in [0.05, 0.1) is 6.20 Å². The molecule has 0 aliphatic carbocycles. The van der Waals surface area contributed by atoms with Crippen LogP contribution in [0.1, 0.15) is 6.42 Å². The van der Waals surface area contributed by atoms with Gasteiger partial charge in [-0.1, -0.05) is 0 Å². The molecule has 0 fully saturated rings. The van der Waals surface area contributed by atoms with E-state index < -0.39 is 0 Å². The van der Waals surface area contributed by atoms with E-state index in [0.29, 0.717) is 0 Å². The Morgan fingerprint density at radius 2 is 2.36 bits per heavy atom. The predicted molar refractivity (Wildman–Crippen MR) is 55.4 cm³/mol. The second-order valence-electron chi connectivity index (χ2n) is 2.83. The molecule has 2 aromatic rings. The fourth-order valence-corrected chi connectivity index (χ4v) is 1.91. The minimum absolute atomic E-state index is 0.238. The Bertz CT molecular complexity index is 415. The maximum absolute atomic E-state index is 8.64. The third-order valence-electron chi connectivity index (χ3n) is 1.78. The summed E-state index contributed by atoms with van der Waals surface area (Å²) in [5.74, 6) is 0.897. The Morgan fingerprint density at radius 3 is 3.21 bits per heavy atom. The van der Waals surface area contributed by atoms with E-state index in [1.807, 2.05) is 18.3 Å². The molecule has 0 saturated carbocycles. The molecule has 1 N–H and O–H groups in total. The minimum Gasteiger partial charge on any atom is -0.396 e. The highest BCUT2D eigenvalue weighted by Gasteiger charge is 1.98. The van der Waals surface area contributed by atoms with E-state index in [1.165, 1.54) is 0 Å². The fourth-order valence-electron chi connectivity index (χ4n) is 1.12. The third-order valence-corrected chi connectivity index (χ3v) is 2.80. The number of aromatic nitrogens is 3. The zero-order valence-electron chi connectivity index (χ0n) is 7.63. The topological polar surface area (TPSA) is 50.4 Å². The summed E-state index contributed by atoms with van der Waals surface area (Å²) in [7, 11) is 0. The van der Waals surface area contributed by atoms with Crippen LogP contribution >= 0.6 is 11.8 Å². The summed E-state index contributed by atoms with van der Waals surface area (Å²) in [6, 6.07) is 3.80. The molecule has 0 saturated heterocycles. The van der Waals surface area contributed by atoms with E-state index in [0.717, 1.165) is 22.8 Å². The van der Waals surface area contributed by atoms with Crippen LogP contribution < -0.4 is 0 Å². The molecule has 0 atom stereocenters. The van der Waals surface area contributed by atoms with Crippen molar-refractivity contribution in [1.29, 1.82) is 0 Å². The van der Waals surface area contributed by atoms with Crippen LogP contribution in [-0.2, 0) is 0 Å². The van der Waals surface area contributed by atoms with Crippen LogP contribution in [0, 0.1) is 0 Å². The molecule has 14 heavy (non-hydrogen) atoms. The molecule has 0 aromatic carbocycles. The summed E-state index contributed by atoms with van der Waals surface area (Å²) in [5.41, 5.74) is 0.860. The van der Waals surface area contributed by atoms with Crippen molar-refractivity contribution >= 4 is 17.4 Å². The Labute approximate surface area is 86.0 Å². The van der Waals surface area contributed by atoms with Crippen LogP contribution in [0.25, 0.3) is 5.65 Å². The van der Waals surface area contributed by atoms with Gasteiger partial charge in [-0.3, -0.25) is 0 Å². The standard InChI is InChI=1S/C9H11N3OS/c13-6-1-7-14-9-3-5-12-8(11-9)2-4-10-12/h2-5,13H,1,6-7H2. The largest absolute Gasteiger partial charge is 0.396 e. The minimum atomic E-state index is 0.238. The van der Waals surface area contributed by atoms with E-state index in [2.05, 4.69) is 10.1 Å². The zero-order valence-corrected chi connectivity index (χ0v) is 8.44. The van der Waals surface area contributed by atoms with Crippen LogP contribution in [0.4, 0.5) is 0 Å². The quantitative estimate of drug-likeness (QED) is 0.467. The summed E-state index contributed by atoms with van der Waals surface area (Å²) >= 11 is 1.65. The van der Waals surface area contributed by atoms with Gasteiger partial charge in [0.1, 0.15) is 5.03 Å². The Kier molecular flexibility index (Phi) is 3.00. The van der Waals surface area contributed by atoms with Crippen molar-refractivity contribution in [3.05, 3.63) is 24.5 Å². The number of aliphatic hydroxyl groups excluding tert-OH is 1. The second-order valence-corrected chi connectivity index (χ2v) is 3.94. The monoisotopic (exact) mass is 209 g/mol. The average Bonchev–Trinajstić information content (AvgIpc) is 2.65. The molecule has 0 spiro atoms. The van der Waals surface area contributed by atoms with Crippen molar-refractivity contribution in [1.82, 2.24) is 14.6 Å². The van der Waals surface area contributed by atoms with Crippen LogP contribution in [0.5, 0.6) is 0 Å². The number of rotatable bonds is 4. The van der Waals surface area contributed by atoms with E-state index >= 15 is 0 Å². The predicted octanol–water partition coefficient (Wildman–Crippen LogP) is 1.20. The molecule has 4 nitrogen and oxygen atoms in total. The molecule has 0 bridgehead atoms. The molecule has 0 radical (unpaired) electrons. The van der Waals surface area contributed by atoms with Crippen molar-refractivity contribution in [2.24, 2.45) is 0 Å². The van der Waals surface area contributed by atoms with Crippen molar-refractivity contribution in [2.45, 2.75) is 11.4 Å². The van der Waals surface area contributed by atoms with Crippen LogP contribution in [0.2, 0.25) is 0 Å². The molecule has 0 aliphatic rings. The van der Waals surface area contributed by atoms with Gasteiger partial charge in [0.15, 0.2) is 5.65 Å². The first kappa shape index (κ1) is 9.48. The van der Waals surface area contributed by atoms with Gasteiger partial charge >= 0.3 is 0 Å². The highest BCUT2D eigenvalue weighted by atomic mass is 32.2. The van der Waals surface area contributed by atoms with Crippen LogP contribution in [0.15, 0.2) is 29.6 Å². The van der Waals surface area contributed by atoms with Gasteiger partial charge in [0, 0.05) is 24.6 Å². The smallest absolute Gasteiger partial charge is 0.156 e. The first-order valence-electron chi connectivity index (χ1n) is 4.44. The number of aliphatic hydroxyl groups is 1. The summed E-state index contributed by atoms with van der Waals surface area (Å²) < 4.78 is 1.73. The third kappa shape index (κ3) is 2.05. The molecule has 74 valence electrons. The van der Waals surface area contributed by atoms with E-state index in [4.69, 9.17) is 5.11 Å². The molecule has 0 amide bonds. The van der Waals surface area contributed by atoms with Crippen molar-refractivity contribution in [3.8, 4) is 0 Å². The molecular weight excluding hydrogens is 198 g/mol. The van der Waals surface area contributed by atoms with Gasteiger partial charge in [-0.2, -0.15) is 5.10 Å². The Morgan fingerprint density at radius 1 is 1.43 bits per heavy atom. The fraction of sp³-hybridized carbons (Fsp3) is 0.333. The summed E-state index contributed by atoms with van der Waals surface area (Å²) in [6.45, 7) is 0.238. The lowest BCUT2D eigenvalue weighted by Gasteiger charge is -1.99. The molecule has 2 heterocycles. The molecule has 2 aromatic heterocycles. The normalized spacial score (nSPS) is 10.9. The Hall–Kier alpha value is -1.07. The zero-order chi connectivity index (χ0) is 9.80. The summed E-state index contributed by atoms with van der Waals surface area (Å²) in [4.78, 5) is 4.39. The van der Waals surface area contributed by atoms with Gasteiger partial charge in [0.2, 0.25) is 0 Å². The number of thioether (sulfide) groups is 1. The lowest BCUT2D eigenvalue weighted by atomic mass is 10.5. The first-order chi connectivity index (χ1) is 6.90. The molecule has 2 rings (SSSR count). The highest BCUT2D eigenvalue weighted by molar-refractivity contribution is 7.99. The summed E-state index contributed by atoms with van der Waals surface area (Å²) in [6.07, 6.45) is 4.42. The maximum atomic E-state index is 8.64. The van der Waals surface area contributed by atoms with E-state index in [1.54, 1.807) is 22.5 Å². The van der Waals surface area contributed by atoms with Gasteiger partial charge in [-0.05, 0) is 12.5 Å². The molecular formula is C9H11N3OS. The molecule has 0 aliphatic heterocycles. The number of hydrogen-bond acceptors (Lipinski definition) is 4. The summed E-state index contributed by atoms with van der Waals surface area (Å²) in [5, 5.41) is 13.7. The number of hydrogen-bond donors (Lipinski definition) is 1. The highest BCUT2D eigenvalue weighted by Crippen LogP contribution is 2.16. The van der Waals surface area contributed by atoms with Gasteiger partial charge < -0.3 is 5.11 Å². The van der Waals surface area contributed by atoms with Gasteiger partial charge in [0.25, 0.3) is 0 Å². The van der Waals surface area contributed by atoms with Gasteiger partial charge in [-0.25, -0.2) is 9.50 Å². The Balaban J connectivity index is 2.10. The first-order valence-corrected chi connectivity index (χ1v) is 5.43. The van der Waals surface area contributed by atoms with Crippen molar-refractivity contribution in [2.75, 3.05) is 12.4 Å². The van der Waals surface area contributed by atoms with Gasteiger partial charge in [-0.15, -0.1) is 11.8 Å². The SMILES string of the molecule is OCCCSc1ccn2nccc2n1.